The maximum Gasteiger partial charge on any atom is 0.162 e. The van der Waals surface area contributed by atoms with Crippen LogP contribution in [0, 0.1) is 11.3 Å². The van der Waals surface area contributed by atoms with Crippen LogP contribution in [0.1, 0.15) is 41.4 Å². The average Bonchev–Trinajstić information content (AvgIpc) is 2.89. The minimum absolute atomic E-state index is 0.0438. The summed E-state index contributed by atoms with van der Waals surface area (Å²) in [5.41, 5.74) is 11.9. The molecule has 0 spiro atoms. The van der Waals surface area contributed by atoms with E-state index in [-0.39, 0.29) is 11.7 Å². The van der Waals surface area contributed by atoms with Gasteiger partial charge in [-0.25, -0.2) is 4.99 Å². The standard InChI is InChI=1S/C28H21N5O/c29-15-21-25(18-9-6-12-31-16-18)26-23(13-19(14-24(26)34)17-7-2-1-3-8-17)33-22-11-5-4-10-20(22)27(30)32-28(21)33/h1-12,16,19,25H,13-14H2,(H2,30,32)/t19-,25+/m0/s1. The molecule has 3 heterocycles. The van der Waals surface area contributed by atoms with Crippen LogP contribution < -0.4 is 10.6 Å². The van der Waals surface area contributed by atoms with Crippen LogP contribution >= 0.6 is 0 Å². The summed E-state index contributed by atoms with van der Waals surface area (Å²) in [7, 11) is 0. The van der Waals surface area contributed by atoms with Gasteiger partial charge in [0.25, 0.3) is 0 Å². The molecule has 0 saturated heterocycles. The Kier molecular flexibility index (Phi) is 4.63. The second-order valence-corrected chi connectivity index (χ2v) is 8.72. The first-order chi connectivity index (χ1) is 16.7. The summed E-state index contributed by atoms with van der Waals surface area (Å²) >= 11 is 0. The number of ketones is 1. The molecule has 6 heteroatoms. The smallest absolute Gasteiger partial charge is 0.162 e. The number of carbonyl (C=O) groups excluding carboxylic acids is 1. The van der Waals surface area contributed by atoms with Gasteiger partial charge in [0, 0.05) is 35.6 Å². The fourth-order valence-corrected chi connectivity index (χ4v) is 5.36. The van der Waals surface area contributed by atoms with Gasteiger partial charge in [-0.1, -0.05) is 48.5 Å². The fourth-order valence-electron chi connectivity index (χ4n) is 5.36. The van der Waals surface area contributed by atoms with Crippen molar-refractivity contribution in [1.82, 2.24) is 4.98 Å². The number of pyridine rings is 1. The second-order valence-electron chi connectivity index (χ2n) is 8.72. The van der Waals surface area contributed by atoms with Crippen molar-refractivity contribution < 1.29 is 4.79 Å². The molecule has 3 aromatic rings. The van der Waals surface area contributed by atoms with Crippen LogP contribution in [0.2, 0.25) is 0 Å². The predicted molar refractivity (Wildman–Crippen MR) is 130 cm³/mol. The van der Waals surface area contributed by atoms with Crippen LogP contribution in [0.5, 0.6) is 0 Å². The Morgan fingerprint density at radius 2 is 1.74 bits per heavy atom. The number of allylic oxidation sites excluding steroid dienone is 3. The van der Waals surface area contributed by atoms with E-state index in [0.29, 0.717) is 35.6 Å². The highest BCUT2D eigenvalue weighted by atomic mass is 16.1. The number of aromatic nitrogens is 1. The lowest BCUT2D eigenvalue weighted by molar-refractivity contribution is -0.116. The SMILES string of the molecule is N#CC1=C2N=C(N)c3ccccc3N2C2=C(C(=O)C[C@@H](c3ccccc3)C2)[C@@H]1c1cccnc1. The molecule has 6 rings (SSSR count). The Morgan fingerprint density at radius 3 is 2.50 bits per heavy atom. The predicted octanol–water partition coefficient (Wildman–Crippen LogP) is 4.54. The van der Waals surface area contributed by atoms with Gasteiger partial charge < -0.3 is 5.73 Å². The molecule has 164 valence electrons. The highest BCUT2D eigenvalue weighted by Gasteiger charge is 2.45. The molecule has 2 N–H and O–H groups in total. The van der Waals surface area contributed by atoms with E-state index in [1.807, 2.05) is 59.5 Å². The van der Waals surface area contributed by atoms with Crippen molar-refractivity contribution in [3.05, 3.63) is 118 Å². The molecule has 2 aliphatic heterocycles. The number of benzene rings is 2. The van der Waals surface area contributed by atoms with Crippen molar-refractivity contribution in [2.24, 2.45) is 10.7 Å². The Bertz CT molecular complexity index is 1450. The third-order valence-corrected chi connectivity index (χ3v) is 6.84. The monoisotopic (exact) mass is 443 g/mol. The van der Waals surface area contributed by atoms with Gasteiger partial charge in [-0.15, -0.1) is 0 Å². The van der Waals surface area contributed by atoms with Crippen molar-refractivity contribution in [2.75, 3.05) is 4.90 Å². The third-order valence-electron chi connectivity index (χ3n) is 6.84. The first-order valence-electron chi connectivity index (χ1n) is 11.3. The lowest BCUT2D eigenvalue weighted by Gasteiger charge is -2.43. The molecule has 3 aliphatic rings. The summed E-state index contributed by atoms with van der Waals surface area (Å²) in [6.07, 6.45) is 4.47. The number of nitriles is 1. The van der Waals surface area contributed by atoms with Gasteiger partial charge in [0.15, 0.2) is 11.6 Å². The molecule has 0 bridgehead atoms. The molecule has 0 radical (unpaired) electrons. The molecule has 1 aromatic heterocycles. The van der Waals surface area contributed by atoms with Gasteiger partial charge in [-0.2, -0.15) is 5.26 Å². The van der Waals surface area contributed by atoms with E-state index in [9.17, 15) is 10.1 Å². The van der Waals surface area contributed by atoms with Gasteiger partial charge >= 0.3 is 0 Å². The van der Waals surface area contributed by atoms with Crippen LogP contribution in [-0.2, 0) is 4.79 Å². The van der Waals surface area contributed by atoms with Crippen LogP contribution in [-0.4, -0.2) is 16.6 Å². The molecule has 0 fully saturated rings. The number of rotatable bonds is 2. The van der Waals surface area contributed by atoms with E-state index in [2.05, 4.69) is 23.2 Å². The maximum atomic E-state index is 13.8. The van der Waals surface area contributed by atoms with E-state index in [0.717, 1.165) is 28.1 Å². The van der Waals surface area contributed by atoms with Crippen molar-refractivity contribution in [2.45, 2.75) is 24.7 Å². The van der Waals surface area contributed by atoms with E-state index in [1.54, 1.807) is 12.4 Å². The number of aliphatic imine (C=N–C) groups is 1. The number of nitrogens with two attached hydrogens (primary N) is 1. The zero-order valence-corrected chi connectivity index (χ0v) is 18.3. The zero-order chi connectivity index (χ0) is 23.2. The minimum Gasteiger partial charge on any atom is -0.383 e. The molecule has 0 amide bonds. The molecule has 0 unspecified atom stereocenters. The number of nitrogens with zero attached hydrogens (tertiary/aromatic N) is 4. The summed E-state index contributed by atoms with van der Waals surface area (Å²) in [5, 5.41) is 10.3. The summed E-state index contributed by atoms with van der Waals surface area (Å²) in [6.45, 7) is 0. The van der Waals surface area contributed by atoms with Gasteiger partial charge in [0.05, 0.1) is 23.2 Å². The van der Waals surface area contributed by atoms with Gasteiger partial charge in [-0.05, 0) is 41.7 Å². The van der Waals surface area contributed by atoms with Crippen molar-refractivity contribution in [1.29, 1.82) is 5.26 Å². The molecular weight excluding hydrogens is 422 g/mol. The summed E-state index contributed by atoms with van der Waals surface area (Å²) in [4.78, 5) is 24.8. The number of hydrogen-bond acceptors (Lipinski definition) is 6. The lowest BCUT2D eigenvalue weighted by atomic mass is 9.72. The Morgan fingerprint density at radius 1 is 0.971 bits per heavy atom. The third kappa shape index (κ3) is 2.98. The Balaban J connectivity index is 1.62. The van der Waals surface area contributed by atoms with E-state index in [1.165, 1.54) is 0 Å². The lowest BCUT2D eigenvalue weighted by Crippen LogP contribution is -2.40. The van der Waals surface area contributed by atoms with Crippen LogP contribution in [0.3, 0.4) is 0 Å². The number of carbonyl (C=O) groups is 1. The number of para-hydroxylation sites is 1. The van der Waals surface area contributed by atoms with Crippen molar-refractivity contribution >= 4 is 17.3 Å². The highest BCUT2D eigenvalue weighted by Crippen LogP contribution is 2.51. The number of anilines is 1. The van der Waals surface area contributed by atoms with Gasteiger partial charge in [0.1, 0.15) is 5.84 Å². The molecule has 1 aliphatic carbocycles. The summed E-state index contributed by atoms with van der Waals surface area (Å²) in [5.74, 6) is 0.433. The molecule has 0 saturated carbocycles. The minimum atomic E-state index is -0.522. The Labute approximate surface area is 197 Å². The normalized spacial score (nSPS) is 21.3. The first-order valence-corrected chi connectivity index (χ1v) is 11.3. The summed E-state index contributed by atoms with van der Waals surface area (Å²) in [6, 6.07) is 24.0. The second kappa shape index (κ2) is 7.82. The van der Waals surface area contributed by atoms with Crippen molar-refractivity contribution in [3.63, 3.8) is 0 Å². The topological polar surface area (TPSA) is 95.4 Å². The fraction of sp³-hybridized carbons (Fsp3) is 0.143. The Hall–Kier alpha value is -4.50. The number of Topliss-reactive ketones (excluding diaryl/α,β-unsaturated/α-hetero) is 1. The maximum absolute atomic E-state index is 13.8. The molecule has 6 nitrogen and oxygen atoms in total. The highest BCUT2D eigenvalue weighted by molar-refractivity contribution is 6.08. The number of fused-ring (bicyclic) bond motifs is 4. The van der Waals surface area contributed by atoms with Crippen LogP contribution in [0.25, 0.3) is 0 Å². The molecular formula is C28H21N5O. The average molecular weight is 444 g/mol. The van der Waals surface area contributed by atoms with Gasteiger partial charge in [-0.3, -0.25) is 14.7 Å². The van der Waals surface area contributed by atoms with Gasteiger partial charge in [0.2, 0.25) is 0 Å². The quantitative estimate of drug-likeness (QED) is 0.627. The first kappa shape index (κ1) is 20.1. The molecule has 34 heavy (non-hydrogen) atoms. The van der Waals surface area contributed by atoms with E-state index in [4.69, 9.17) is 10.7 Å². The summed E-state index contributed by atoms with van der Waals surface area (Å²) < 4.78 is 0. The molecule has 2 aromatic carbocycles. The number of amidine groups is 1. The van der Waals surface area contributed by atoms with Crippen molar-refractivity contribution in [3.8, 4) is 6.07 Å². The zero-order valence-electron chi connectivity index (χ0n) is 18.3. The van der Waals surface area contributed by atoms with E-state index < -0.39 is 5.92 Å². The molecule has 2 atom stereocenters. The number of hydrogen-bond donors (Lipinski definition) is 1. The largest absolute Gasteiger partial charge is 0.383 e. The van der Waals surface area contributed by atoms with Crippen LogP contribution in [0.15, 0.2) is 107 Å². The van der Waals surface area contributed by atoms with Crippen LogP contribution in [0.4, 0.5) is 5.69 Å². The van der Waals surface area contributed by atoms with E-state index >= 15 is 0 Å².